The van der Waals surface area contributed by atoms with Gasteiger partial charge < -0.3 is 10.6 Å². The first kappa shape index (κ1) is 14.8. The first-order valence-corrected chi connectivity index (χ1v) is 9.32. The summed E-state index contributed by atoms with van der Waals surface area (Å²) >= 11 is 0. The van der Waals surface area contributed by atoms with Crippen LogP contribution in [0.3, 0.4) is 0 Å². The van der Waals surface area contributed by atoms with Crippen LogP contribution in [0.5, 0.6) is 0 Å². The molecule has 2 saturated carbocycles. The molecule has 0 spiro atoms. The highest BCUT2D eigenvalue weighted by molar-refractivity contribution is 4.92. The molecule has 0 amide bonds. The molecule has 5 unspecified atom stereocenters. The molecule has 5 atom stereocenters. The topological polar surface area (TPSA) is 24.1 Å². The highest BCUT2D eigenvalue weighted by Gasteiger charge is 2.34. The summed E-state index contributed by atoms with van der Waals surface area (Å²) in [5.74, 6) is 1.84. The number of piperidine rings is 1. The third kappa shape index (κ3) is 3.76. The highest BCUT2D eigenvalue weighted by atomic mass is 15.0. The third-order valence-electron chi connectivity index (χ3n) is 6.07. The molecular weight excluding hydrogens is 244 g/mol. The third-order valence-corrected chi connectivity index (χ3v) is 6.07. The summed E-state index contributed by atoms with van der Waals surface area (Å²) in [6.45, 7) is 3.70. The highest BCUT2D eigenvalue weighted by Crippen LogP contribution is 2.32. The molecule has 0 aromatic rings. The van der Waals surface area contributed by atoms with E-state index in [1.807, 2.05) is 0 Å². The van der Waals surface area contributed by atoms with Gasteiger partial charge in [-0.3, -0.25) is 0 Å². The zero-order valence-electron chi connectivity index (χ0n) is 13.4. The normalized spacial score (nSPS) is 43.4. The minimum Gasteiger partial charge on any atom is -0.314 e. The second-order valence-corrected chi connectivity index (χ2v) is 7.75. The van der Waals surface area contributed by atoms with Crippen LogP contribution in [0.15, 0.2) is 0 Å². The smallest absolute Gasteiger partial charge is 0.0113 e. The average molecular weight is 278 g/mol. The summed E-state index contributed by atoms with van der Waals surface area (Å²) in [5, 5.41) is 7.92. The molecule has 3 rings (SSSR count). The molecule has 3 fully saturated rings. The summed E-state index contributed by atoms with van der Waals surface area (Å²) in [4.78, 5) is 0. The molecule has 1 aliphatic heterocycles. The van der Waals surface area contributed by atoms with Gasteiger partial charge in [0.1, 0.15) is 0 Å². The molecule has 0 bridgehead atoms. The van der Waals surface area contributed by atoms with Gasteiger partial charge in [-0.2, -0.15) is 0 Å². The van der Waals surface area contributed by atoms with E-state index in [2.05, 4.69) is 17.6 Å². The Hall–Kier alpha value is -0.0800. The van der Waals surface area contributed by atoms with Crippen LogP contribution in [0.4, 0.5) is 0 Å². The maximum absolute atomic E-state index is 4.10. The van der Waals surface area contributed by atoms with Gasteiger partial charge in [-0.15, -0.1) is 0 Å². The Morgan fingerprint density at radius 1 is 0.850 bits per heavy atom. The molecule has 116 valence electrons. The van der Waals surface area contributed by atoms with E-state index in [0.29, 0.717) is 0 Å². The maximum atomic E-state index is 4.10. The van der Waals surface area contributed by atoms with Gasteiger partial charge in [0.2, 0.25) is 0 Å². The van der Waals surface area contributed by atoms with Gasteiger partial charge in [0.25, 0.3) is 0 Å². The van der Waals surface area contributed by atoms with E-state index in [4.69, 9.17) is 0 Å². The Bertz CT molecular complexity index is 285. The molecule has 1 saturated heterocycles. The van der Waals surface area contributed by atoms with Crippen LogP contribution < -0.4 is 10.6 Å². The summed E-state index contributed by atoms with van der Waals surface area (Å²) < 4.78 is 0. The fraction of sp³-hybridized carbons (Fsp3) is 1.00. The minimum atomic E-state index is 0.801. The molecule has 0 radical (unpaired) electrons. The van der Waals surface area contributed by atoms with E-state index in [0.717, 1.165) is 30.0 Å². The lowest BCUT2D eigenvalue weighted by Gasteiger charge is -2.42. The predicted molar refractivity (Wildman–Crippen MR) is 85.9 cm³/mol. The van der Waals surface area contributed by atoms with E-state index < -0.39 is 0 Å². The first-order valence-electron chi connectivity index (χ1n) is 9.32. The zero-order chi connectivity index (χ0) is 13.8. The van der Waals surface area contributed by atoms with Crippen molar-refractivity contribution < 1.29 is 0 Å². The lowest BCUT2D eigenvalue weighted by molar-refractivity contribution is 0.157. The Morgan fingerprint density at radius 2 is 1.70 bits per heavy atom. The number of nitrogens with one attached hydrogen (secondary N) is 2. The Morgan fingerprint density at radius 3 is 2.50 bits per heavy atom. The Balaban J connectivity index is 1.56. The summed E-state index contributed by atoms with van der Waals surface area (Å²) in [6, 6.07) is 2.42. The molecule has 2 aliphatic carbocycles. The number of rotatable bonds is 3. The van der Waals surface area contributed by atoms with Crippen LogP contribution in [0, 0.1) is 11.8 Å². The standard InChI is InChI=1S/C18H34N2/c1-14-7-6-8-15(13-14)20-18-11-3-2-9-16(18)17-10-4-5-12-19-17/h14-20H,2-13H2,1H3. The lowest BCUT2D eigenvalue weighted by atomic mass is 9.76. The van der Waals surface area contributed by atoms with Crippen molar-refractivity contribution >= 4 is 0 Å². The van der Waals surface area contributed by atoms with Crippen LogP contribution in [0.1, 0.15) is 77.6 Å². The molecule has 20 heavy (non-hydrogen) atoms. The Labute approximate surface area is 125 Å². The van der Waals surface area contributed by atoms with Crippen molar-refractivity contribution in [3.05, 3.63) is 0 Å². The van der Waals surface area contributed by atoms with Gasteiger partial charge in [-0.25, -0.2) is 0 Å². The fourth-order valence-electron chi connectivity index (χ4n) is 4.98. The van der Waals surface area contributed by atoms with E-state index in [1.54, 1.807) is 0 Å². The van der Waals surface area contributed by atoms with Crippen molar-refractivity contribution in [2.24, 2.45) is 11.8 Å². The van der Waals surface area contributed by atoms with Crippen molar-refractivity contribution in [2.75, 3.05) is 6.54 Å². The molecule has 0 aromatic carbocycles. The maximum Gasteiger partial charge on any atom is 0.0113 e. The van der Waals surface area contributed by atoms with Crippen LogP contribution in [0.25, 0.3) is 0 Å². The van der Waals surface area contributed by atoms with Crippen LogP contribution in [-0.2, 0) is 0 Å². The van der Waals surface area contributed by atoms with Crippen molar-refractivity contribution in [3.8, 4) is 0 Å². The van der Waals surface area contributed by atoms with Crippen molar-refractivity contribution in [1.29, 1.82) is 0 Å². The molecule has 1 heterocycles. The van der Waals surface area contributed by atoms with Crippen molar-refractivity contribution in [1.82, 2.24) is 10.6 Å². The van der Waals surface area contributed by atoms with Gasteiger partial charge in [0.05, 0.1) is 0 Å². The van der Waals surface area contributed by atoms with Crippen molar-refractivity contribution in [2.45, 2.75) is 95.7 Å². The monoisotopic (exact) mass is 278 g/mol. The quantitative estimate of drug-likeness (QED) is 0.819. The second-order valence-electron chi connectivity index (χ2n) is 7.75. The molecule has 3 aliphatic rings. The number of hydrogen-bond acceptors (Lipinski definition) is 2. The van der Waals surface area contributed by atoms with Gasteiger partial charge in [-0.1, -0.05) is 39.0 Å². The van der Waals surface area contributed by atoms with Crippen LogP contribution in [-0.4, -0.2) is 24.7 Å². The van der Waals surface area contributed by atoms with E-state index >= 15 is 0 Å². The van der Waals surface area contributed by atoms with Gasteiger partial charge in [0.15, 0.2) is 0 Å². The second kappa shape index (κ2) is 7.26. The molecular formula is C18H34N2. The van der Waals surface area contributed by atoms with E-state index in [1.165, 1.54) is 77.2 Å². The average Bonchev–Trinajstić information content (AvgIpc) is 2.49. The molecule has 2 N–H and O–H groups in total. The molecule has 0 aromatic heterocycles. The molecule has 2 nitrogen and oxygen atoms in total. The van der Waals surface area contributed by atoms with E-state index in [9.17, 15) is 0 Å². The first-order chi connectivity index (χ1) is 9.83. The molecule has 2 heteroatoms. The largest absolute Gasteiger partial charge is 0.314 e. The zero-order valence-corrected chi connectivity index (χ0v) is 13.4. The summed E-state index contributed by atoms with van der Waals surface area (Å²) in [6.07, 6.45) is 15.8. The van der Waals surface area contributed by atoms with Crippen LogP contribution in [0.2, 0.25) is 0 Å². The van der Waals surface area contributed by atoms with Gasteiger partial charge >= 0.3 is 0 Å². The SMILES string of the molecule is CC1CCCC(NC2CCCCC2C2CCCCN2)C1. The van der Waals surface area contributed by atoms with E-state index in [-0.39, 0.29) is 0 Å². The lowest BCUT2D eigenvalue weighted by Crippen LogP contribution is -2.53. The van der Waals surface area contributed by atoms with Gasteiger partial charge in [-0.05, 0) is 56.9 Å². The van der Waals surface area contributed by atoms with Crippen molar-refractivity contribution in [3.63, 3.8) is 0 Å². The van der Waals surface area contributed by atoms with Gasteiger partial charge in [0, 0.05) is 18.1 Å². The summed E-state index contributed by atoms with van der Waals surface area (Å²) in [5.41, 5.74) is 0. The minimum absolute atomic E-state index is 0.801. The number of hydrogen-bond donors (Lipinski definition) is 2. The summed E-state index contributed by atoms with van der Waals surface area (Å²) in [7, 11) is 0. The van der Waals surface area contributed by atoms with Crippen LogP contribution >= 0.6 is 0 Å². The Kier molecular flexibility index (Phi) is 5.39. The fourth-order valence-corrected chi connectivity index (χ4v) is 4.98. The predicted octanol–water partition coefficient (Wildman–Crippen LogP) is 3.86.